The van der Waals surface area contributed by atoms with Gasteiger partial charge in [0.15, 0.2) is 5.17 Å². The molecule has 0 radical (unpaired) electrons. The van der Waals surface area contributed by atoms with E-state index in [0.717, 1.165) is 11.1 Å². The number of aliphatic imine (C=N–C) groups is 1. The van der Waals surface area contributed by atoms with E-state index >= 15 is 0 Å². The Hall–Kier alpha value is -1.56. The number of aryl methyl sites for hydroxylation is 1. The summed E-state index contributed by atoms with van der Waals surface area (Å²) in [4.78, 5) is 15.8. The van der Waals surface area contributed by atoms with E-state index < -0.39 is 0 Å². The molecule has 0 aromatic heterocycles. The summed E-state index contributed by atoms with van der Waals surface area (Å²) >= 11 is 1.26. The number of nitrogens with one attached hydrogen (secondary N) is 1. The number of amidine groups is 1. The number of carbonyl (C=O) groups is 1. The van der Waals surface area contributed by atoms with Crippen LogP contribution in [0.25, 0.3) is 0 Å². The molecule has 0 bridgehead atoms. The Balaban J connectivity index is 1.91. The molecule has 0 saturated carbocycles. The third-order valence-corrected chi connectivity index (χ3v) is 3.75. The van der Waals surface area contributed by atoms with Crippen LogP contribution in [0.15, 0.2) is 23.2 Å². The Kier molecular flexibility index (Phi) is 3.86. The molecular weight excluding hydrogens is 253 g/mol. The van der Waals surface area contributed by atoms with Gasteiger partial charge in [-0.25, -0.2) is 4.39 Å². The smallest absolute Gasteiger partial charge is 0.235 e. The van der Waals surface area contributed by atoms with Crippen molar-refractivity contribution < 1.29 is 9.18 Å². The highest BCUT2D eigenvalue weighted by atomic mass is 32.2. The van der Waals surface area contributed by atoms with Crippen molar-refractivity contribution in [2.45, 2.75) is 18.7 Å². The molecule has 1 heterocycles. The molecule has 0 saturated heterocycles. The highest BCUT2D eigenvalue weighted by Gasteiger charge is 2.24. The second-order valence-corrected chi connectivity index (χ2v) is 5.30. The van der Waals surface area contributed by atoms with Gasteiger partial charge in [-0.3, -0.25) is 9.79 Å². The fourth-order valence-electron chi connectivity index (χ4n) is 1.66. The lowest BCUT2D eigenvalue weighted by atomic mass is 10.1. The van der Waals surface area contributed by atoms with Crippen LogP contribution in [0.4, 0.5) is 4.39 Å². The van der Waals surface area contributed by atoms with Crippen LogP contribution in [-0.2, 0) is 11.3 Å². The van der Waals surface area contributed by atoms with Crippen LogP contribution in [0, 0.1) is 12.7 Å². The molecule has 1 aromatic rings. The van der Waals surface area contributed by atoms with Crippen molar-refractivity contribution in [3.8, 4) is 0 Å². The number of halogens is 1. The summed E-state index contributed by atoms with van der Waals surface area (Å²) in [6.45, 7) is 2.61. The van der Waals surface area contributed by atoms with E-state index in [4.69, 9.17) is 5.73 Å². The molecule has 96 valence electrons. The van der Waals surface area contributed by atoms with Gasteiger partial charge in [-0.05, 0) is 30.2 Å². The average molecular weight is 267 g/mol. The van der Waals surface area contributed by atoms with Gasteiger partial charge in [0.05, 0.1) is 6.54 Å². The van der Waals surface area contributed by atoms with Crippen molar-refractivity contribution in [3.05, 3.63) is 35.1 Å². The second-order valence-electron chi connectivity index (χ2n) is 4.07. The van der Waals surface area contributed by atoms with E-state index in [2.05, 4.69) is 10.3 Å². The molecule has 1 unspecified atom stereocenters. The minimum Gasteiger partial charge on any atom is -0.379 e. The number of thioether (sulfide) groups is 1. The fourth-order valence-corrected chi connectivity index (χ4v) is 2.44. The lowest BCUT2D eigenvalue weighted by Gasteiger charge is -2.11. The van der Waals surface area contributed by atoms with Crippen molar-refractivity contribution in [1.82, 2.24) is 5.32 Å². The van der Waals surface area contributed by atoms with Crippen LogP contribution in [0.2, 0.25) is 0 Å². The van der Waals surface area contributed by atoms with Crippen LogP contribution in [0.5, 0.6) is 0 Å². The van der Waals surface area contributed by atoms with E-state index in [0.29, 0.717) is 18.3 Å². The minimum absolute atomic E-state index is 0.118. The van der Waals surface area contributed by atoms with Crippen molar-refractivity contribution in [3.63, 3.8) is 0 Å². The van der Waals surface area contributed by atoms with Gasteiger partial charge in [-0.15, -0.1) is 0 Å². The highest BCUT2D eigenvalue weighted by molar-refractivity contribution is 8.15. The summed E-state index contributed by atoms with van der Waals surface area (Å²) in [5.74, 6) is -0.416. The van der Waals surface area contributed by atoms with E-state index in [1.807, 2.05) is 6.92 Å². The summed E-state index contributed by atoms with van der Waals surface area (Å²) in [5, 5.41) is 2.95. The zero-order valence-corrected chi connectivity index (χ0v) is 10.8. The first kappa shape index (κ1) is 12.9. The number of benzene rings is 1. The third-order valence-electron chi connectivity index (χ3n) is 2.73. The molecule has 1 atom stereocenters. The van der Waals surface area contributed by atoms with Crippen molar-refractivity contribution in [2.24, 2.45) is 10.7 Å². The van der Waals surface area contributed by atoms with Crippen LogP contribution in [-0.4, -0.2) is 22.9 Å². The van der Waals surface area contributed by atoms with Crippen LogP contribution in [0.1, 0.15) is 11.1 Å². The van der Waals surface area contributed by atoms with E-state index in [1.165, 1.54) is 23.9 Å². The van der Waals surface area contributed by atoms with Gasteiger partial charge in [0, 0.05) is 6.54 Å². The molecule has 1 aliphatic heterocycles. The molecule has 0 fully saturated rings. The second kappa shape index (κ2) is 5.39. The van der Waals surface area contributed by atoms with Gasteiger partial charge in [-0.1, -0.05) is 17.8 Å². The SMILES string of the molecule is Cc1ccc(F)cc1CNC(=O)C1CN=C(N)S1. The average Bonchev–Trinajstić information content (AvgIpc) is 2.77. The lowest BCUT2D eigenvalue weighted by molar-refractivity contribution is -0.120. The van der Waals surface area contributed by atoms with Crippen molar-refractivity contribution >= 4 is 22.8 Å². The van der Waals surface area contributed by atoms with Crippen LogP contribution < -0.4 is 11.1 Å². The fraction of sp³-hybridized carbons (Fsp3) is 0.333. The molecule has 0 aliphatic carbocycles. The topological polar surface area (TPSA) is 67.5 Å². The first-order chi connectivity index (χ1) is 8.56. The molecule has 3 N–H and O–H groups in total. The predicted molar refractivity (Wildman–Crippen MR) is 70.9 cm³/mol. The maximum Gasteiger partial charge on any atom is 0.235 e. The van der Waals surface area contributed by atoms with Crippen LogP contribution in [0.3, 0.4) is 0 Å². The zero-order chi connectivity index (χ0) is 13.1. The van der Waals surface area contributed by atoms with E-state index in [1.54, 1.807) is 6.07 Å². The van der Waals surface area contributed by atoms with Gasteiger partial charge in [0.25, 0.3) is 0 Å². The summed E-state index contributed by atoms with van der Waals surface area (Å²) in [7, 11) is 0. The normalized spacial score (nSPS) is 18.6. The standard InChI is InChI=1S/C12H14FN3OS/c1-7-2-3-9(13)4-8(7)5-15-11(17)10-6-16-12(14)18-10/h2-4,10H,5-6H2,1H3,(H2,14,16)(H,15,17). The summed E-state index contributed by atoms with van der Waals surface area (Å²) < 4.78 is 13.1. The van der Waals surface area contributed by atoms with Gasteiger partial charge in [0.2, 0.25) is 5.91 Å². The number of hydrogen-bond acceptors (Lipinski definition) is 4. The number of nitrogens with zero attached hydrogens (tertiary/aromatic N) is 1. The molecule has 0 spiro atoms. The molecule has 1 amide bonds. The molecule has 1 aliphatic rings. The molecule has 6 heteroatoms. The molecule has 18 heavy (non-hydrogen) atoms. The zero-order valence-electron chi connectivity index (χ0n) is 9.94. The monoisotopic (exact) mass is 267 g/mol. The predicted octanol–water partition coefficient (Wildman–Crippen LogP) is 1.18. The van der Waals surface area contributed by atoms with Gasteiger partial charge in [0.1, 0.15) is 11.1 Å². The third kappa shape index (κ3) is 3.01. The minimum atomic E-state index is -0.298. The molecular formula is C12H14FN3OS. The Morgan fingerprint density at radius 3 is 3.11 bits per heavy atom. The quantitative estimate of drug-likeness (QED) is 0.864. The largest absolute Gasteiger partial charge is 0.379 e. The van der Waals surface area contributed by atoms with Crippen LogP contribution >= 0.6 is 11.8 Å². The van der Waals surface area contributed by atoms with Gasteiger partial charge < -0.3 is 11.1 Å². The Morgan fingerprint density at radius 1 is 1.67 bits per heavy atom. The Morgan fingerprint density at radius 2 is 2.44 bits per heavy atom. The van der Waals surface area contributed by atoms with Crippen molar-refractivity contribution in [2.75, 3.05) is 6.54 Å². The van der Waals surface area contributed by atoms with Gasteiger partial charge >= 0.3 is 0 Å². The van der Waals surface area contributed by atoms with E-state index in [-0.39, 0.29) is 17.0 Å². The van der Waals surface area contributed by atoms with E-state index in [9.17, 15) is 9.18 Å². The van der Waals surface area contributed by atoms with Crippen molar-refractivity contribution in [1.29, 1.82) is 0 Å². The number of amides is 1. The lowest BCUT2D eigenvalue weighted by Crippen LogP contribution is -2.33. The van der Waals surface area contributed by atoms with Gasteiger partial charge in [-0.2, -0.15) is 0 Å². The first-order valence-corrected chi connectivity index (χ1v) is 6.43. The summed E-state index contributed by atoms with van der Waals surface area (Å²) in [5.41, 5.74) is 7.23. The number of nitrogens with two attached hydrogens (primary N) is 1. The summed E-state index contributed by atoms with van der Waals surface area (Å²) in [6.07, 6.45) is 0. The summed E-state index contributed by atoms with van der Waals surface area (Å²) in [6, 6.07) is 4.53. The molecule has 2 rings (SSSR count). The maximum atomic E-state index is 13.1. The first-order valence-electron chi connectivity index (χ1n) is 5.55. The number of rotatable bonds is 3. The highest BCUT2D eigenvalue weighted by Crippen LogP contribution is 2.18. The Labute approximate surface area is 109 Å². The number of hydrogen-bond donors (Lipinski definition) is 2. The molecule has 4 nitrogen and oxygen atoms in total. The molecule has 1 aromatic carbocycles. The Bertz CT molecular complexity index is 504. The maximum absolute atomic E-state index is 13.1. The number of carbonyl (C=O) groups excluding carboxylic acids is 1.